The zero-order chi connectivity index (χ0) is 17.1. The number of aromatic nitrogens is 2. The van der Waals surface area contributed by atoms with Crippen LogP contribution in [0.2, 0.25) is 0 Å². The highest BCUT2D eigenvalue weighted by Crippen LogP contribution is 2.26. The second kappa shape index (κ2) is 7.11. The Kier molecular flexibility index (Phi) is 4.92. The van der Waals surface area contributed by atoms with Gasteiger partial charge in [0.05, 0.1) is 6.10 Å². The lowest BCUT2D eigenvalue weighted by atomic mass is 10.1. The van der Waals surface area contributed by atoms with Gasteiger partial charge in [-0.3, -0.25) is 4.79 Å². The molecular formula is C17H22N4O3. The van der Waals surface area contributed by atoms with Crippen LogP contribution in [0, 0.1) is 6.92 Å². The number of anilines is 1. The summed E-state index contributed by atoms with van der Waals surface area (Å²) in [7, 11) is 0. The zero-order valence-corrected chi connectivity index (χ0v) is 13.9. The standard InChI is InChI=1S/C17H22N4O3/c1-3-15-20-17(24-21-15)11-5-4-10(2)13(8-11)19-16(22)14-7-6-12(9-18)23-14/h4-5,8,12,14H,3,6-7,9,18H2,1-2H3,(H,19,22)/t12-,14+/m1/s1. The fourth-order valence-electron chi connectivity index (χ4n) is 2.69. The molecule has 1 aromatic heterocycles. The van der Waals surface area contributed by atoms with E-state index in [1.807, 2.05) is 32.0 Å². The summed E-state index contributed by atoms with van der Waals surface area (Å²) in [5.74, 6) is 0.956. The van der Waals surface area contributed by atoms with Crippen molar-refractivity contribution in [1.29, 1.82) is 0 Å². The number of nitrogens with two attached hydrogens (primary N) is 1. The Morgan fingerprint density at radius 2 is 2.25 bits per heavy atom. The van der Waals surface area contributed by atoms with E-state index in [9.17, 15) is 4.79 Å². The van der Waals surface area contributed by atoms with Crippen LogP contribution in [0.25, 0.3) is 11.5 Å². The van der Waals surface area contributed by atoms with Gasteiger partial charge in [0, 0.05) is 24.2 Å². The number of amides is 1. The number of hydrogen-bond donors (Lipinski definition) is 2. The number of rotatable bonds is 5. The first-order valence-corrected chi connectivity index (χ1v) is 8.20. The molecule has 0 spiro atoms. The number of nitrogens with zero attached hydrogens (tertiary/aromatic N) is 2. The summed E-state index contributed by atoms with van der Waals surface area (Å²) < 4.78 is 10.9. The van der Waals surface area contributed by atoms with Crippen LogP contribution < -0.4 is 11.1 Å². The van der Waals surface area contributed by atoms with Gasteiger partial charge in [-0.1, -0.05) is 18.1 Å². The summed E-state index contributed by atoms with van der Waals surface area (Å²) in [5.41, 5.74) is 8.03. The fourth-order valence-corrected chi connectivity index (χ4v) is 2.69. The molecule has 7 nitrogen and oxygen atoms in total. The minimum Gasteiger partial charge on any atom is -0.364 e. The monoisotopic (exact) mass is 330 g/mol. The first-order chi connectivity index (χ1) is 11.6. The second-order valence-corrected chi connectivity index (χ2v) is 5.95. The number of aryl methyl sites for hydroxylation is 2. The zero-order valence-electron chi connectivity index (χ0n) is 13.9. The van der Waals surface area contributed by atoms with E-state index in [2.05, 4.69) is 15.5 Å². The summed E-state index contributed by atoms with van der Waals surface area (Å²) in [5, 5.41) is 6.83. The van der Waals surface area contributed by atoms with Gasteiger partial charge in [0.2, 0.25) is 0 Å². The number of hydrogen-bond acceptors (Lipinski definition) is 6. The van der Waals surface area contributed by atoms with Crippen LogP contribution in [0.1, 0.15) is 31.2 Å². The van der Waals surface area contributed by atoms with Crippen LogP contribution in [0.4, 0.5) is 5.69 Å². The third-order valence-corrected chi connectivity index (χ3v) is 4.19. The van der Waals surface area contributed by atoms with Crippen molar-refractivity contribution in [2.45, 2.75) is 45.3 Å². The molecule has 0 aliphatic carbocycles. The number of carbonyl (C=O) groups is 1. The average Bonchev–Trinajstić information content (AvgIpc) is 3.25. The van der Waals surface area contributed by atoms with Gasteiger partial charge in [-0.2, -0.15) is 4.98 Å². The van der Waals surface area contributed by atoms with Crippen LogP contribution in [0.15, 0.2) is 22.7 Å². The van der Waals surface area contributed by atoms with Crippen molar-refractivity contribution in [2.24, 2.45) is 5.73 Å². The van der Waals surface area contributed by atoms with Crippen LogP contribution in [-0.4, -0.2) is 34.8 Å². The van der Waals surface area contributed by atoms with Gasteiger partial charge in [-0.25, -0.2) is 0 Å². The van der Waals surface area contributed by atoms with E-state index in [-0.39, 0.29) is 12.0 Å². The Morgan fingerprint density at radius 1 is 1.42 bits per heavy atom. The summed E-state index contributed by atoms with van der Waals surface area (Å²) in [4.78, 5) is 16.7. The molecule has 7 heteroatoms. The van der Waals surface area contributed by atoms with Gasteiger partial charge in [-0.05, 0) is 37.5 Å². The Hall–Kier alpha value is -2.25. The predicted molar refractivity (Wildman–Crippen MR) is 89.4 cm³/mol. The van der Waals surface area contributed by atoms with E-state index in [4.69, 9.17) is 15.0 Å². The molecule has 0 unspecified atom stereocenters. The van der Waals surface area contributed by atoms with E-state index in [1.54, 1.807) is 0 Å². The molecule has 0 saturated carbocycles. The minimum atomic E-state index is -0.447. The molecule has 3 N–H and O–H groups in total. The molecule has 3 rings (SSSR count). The Labute approximate surface area is 140 Å². The van der Waals surface area contributed by atoms with Crippen molar-refractivity contribution in [3.63, 3.8) is 0 Å². The molecule has 2 aromatic rings. The van der Waals surface area contributed by atoms with Crippen LogP contribution in [-0.2, 0) is 16.0 Å². The van der Waals surface area contributed by atoms with Gasteiger partial charge in [0.25, 0.3) is 11.8 Å². The molecule has 0 radical (unpaired) electrons. The molecule has 2 atom stereocenters. The normalized spacial score (nSPS) is 20.3. The van der Waals surface area contributed by atoms with Crippen LogP contribution >= 0.6 is 0 Å². The molecule has 1 aromatic carbocycles. The van der Waals surface area contributed by atoms with Crippen molar-refractivity contribution in [1.82, 2.24) is 10.1 Å². The minimum absolute atomic E-state index is 0.0287. The van der Waals surface area contributed by atoms with Gasteiger partial charge < -0.3 is 20.3 Å². The first kappa shape index (κ1) is 16.6. The van der Waals surface area contributed by atoms with Crippen molar-refractivity contribution >= 4 is 11.6 Å². The molecule has 0 bridgehead atoms. The Balaban J connectivity index is 1.75. The van der Waals surface area contributed by atoms with Crippen LogP contribution in [0.5, 0.6) is 0 Å². The number of carbonyl (C=O) groups excluding carboxylic acids is 1. The highest BCUT2D eigenvalue weighted by atomic mass is 16.5. The topological polar surface area (TPSA) is 103 Å². The summed E-state index contributed by atoms with van der Waals surface area (Å²) in [6.07, 6.45) is 1.74. The van der Waals surface area contributed by atoms with Gasteiger partial charge >= 0.3 is 0 Å². The van der Waals surface area contributed by atoms with Crippen molar-refractivity contribution < 1.29 is 14.1 Å². The third-order valence-electron chi connectivity index (χ3n) is 4.19. The molecule has 24 heavy (non-hydrogen) atoms. The van der Waals surface area contributed by atoms with Crippen molar-refractivity contribution in [3.8, 4) is 11.5 Å². The third kappa shape index (κ3) is 3.47. The lowest BCUT2D eigenvalue weighted by Crippen LogP contribution is -2.30. The average molecular weight is 330 g/mol. The summed E-state index contributed by atoms with van der Waals surface area (Å²) in [6, 6.07) is 5.66. The molecule has 1 aliphatic heterocycles. The van der Waals surface area contributed by atoms with Crippen molar-refractivity contribution in [2.75, 3.05) is 11.9 Å². The van der Waals surface area contributed by atoms with Crippen LogP contribution in [0.3, 0.4) is 0 Å². The lowest BCUT2D eigenvalue weighted by molar-refractivity contribution is -0.126. The largest absolute Gasteiger partial charge is 0.364 e. The highest BCUT2D eigenvalue weighted by molar-refractivity contribution is 5.95. The van der Waals surface area contributed by atoms with E-state index in [0.717, 1.165) is 17.5 Å². The van der Waals surface area contributed by atoms with E-state index in [0.29, 0.717) is 36.8 Å². The quantitative estimate of drug-likeness (QED) is 0.869. The number of nitrogens with one attached hydrogen (secondary N) is 1. The maximum atomic E-state index is 12.4. The van der Waals surface area contributed by atoms with Crippen molar-refractivity contribution in [3.05, 3.63) is 29.6 Å². The van der Waals surface area contributed by atoms with E-state index in [1.165, 1.54) is 0 Å². The van der Waals surface area contributed by atoms with E-state index >= 15 is 0 Å². The second-order valence-electron chi connectivity index (χ2n) is 5.95. The fraction of sp³-hybridized carbons (Fsp3) is 0.471. The highest BCUT2D eigenvalue weighted by Gasteiger charge is 2.30. The molecule has 1 aliphatic rings. The maximum Gasteiger partial charge on any atom is 0.257 e. The van der Waals surface area contributed by atoms with Gasteiger partial charge in [-0.15, -0.1) is 0 Å². The first-order valence-electron chi connectivity index (χ1n) is 8.20. The Bertz CT molecular complexity index is 728. The lowest BCUT2D eigenvalue weighted by Gasteiger charge is -2.14. The molecule has 1 fully saturated rings. The number of benzene rings is 1. The SMILES string of the molecule is CCc1noc(-c2ccc(C)c(NC(=O)[C@@H]3CC[C@H](CN)O3)c2)n1. The molecule has 1 amide bonds. The smallest absolute Gasteiger partial charge is 0.257 e. The molecule has 2 heterocycles. The number of ether oxygens (including phenoxy) is 1. The Morgan fingerprint density at radius 3 is 2.92 bits per heavy atom. The molecule has 128 valence electrons. The summed E-state index contributed by atoms with van der Waals surface area (Å²) >= 11 is 0. The molecule has 1 saturated heterocycles. The van der Waals surface area contributed by atoms with Gasteiger partial charge in [0.15, 0.2) is 5.82 Å². The maximum absolute atomic E-state index is 12.4. The predicted octanol–water partition coefficient (Wildman–Crippen LogP) is 2.05. The van der Waals surface area contributed by atoms with Gasteiger partial charge in [0.1, 0.15) is 6.10 Å². The van der Waals surface area contributed by atoms with E-state index < -0.39 is 6.10 Å². The molecular weight excluding hydrogens is 308 g/mol. The summed E-state index contributed by atoms with van der Waals surface area (Å²) in [6.45, 7) is 4.34.